The Kier molecular flexibility index (Phi) is 25.8. The van der Waals surface area contributed by atoms with Gasteiger partial charge >= 0.3 is 29.6 Å². The van der Waals surface area contributed by atoms with Gasteiger partial charge in [0.2, 0.25) is 0 Å². The molecule has 0 heterocycles. The third-order valence-electron chi connectivity index (χ3n) is 0. The van der Waals surface area contributed by atoms with Gasteiger partial charge in [-0.3, -0.25) is 9.11 Å². The second kappa shape index (κ2) is 9.88. The van der Waals surface area contributed by atoms with Crippen LogP contribution in [0.1, 0.15) is 1.43 Å². The van der Waals surface area contributed by atoms with E-state index in [9.17, 15) is 0 Å². The molecule has 0 atom stereocenters. The van der Waals surface area contributed by atoms with Gasteiger partial charge < -0.3 is 1.43 Å². The van der Waals surface area contributed by atoms with Gasteiger partial charge in [0.1, 0.15) is 0 Å². The minimum Gasteiger partial charge on any atom is -1.00 e. The molecule has 0 saturated heterocycles. The molecule has 0 aromatic rings. The van der Waals surface area contributed by atoms with Gasteiger partial charge in [0.25, 0.3) is 11.4 Å². The zero-order valence-corrected chi connectivity index (χ0v) is 7.40. The molecule has 0 spiro atoms. The molecule has 0 radical (unpaired) electrons. The molecular formula is H3NaO3PdS. The predicted molar refractivity (Wildman–Crippen MR) is 14.5 cm³/mol. The van der Waals surface area contributed by atoms with Crippen LogP contribution in [0.15, 0.2) is 0 Å². The van der Waals surface area contributed by atoms with Crippen molar-refractivity contribution in [2.24, 2.45) is 0 Å². The molecule has 0 aromatic heterocycles. The second-order valence-electron chi connectivity index (χ2n) is 0.231. The summed E-state index contributed by atoms with van der Waals surface area (Å²) in [7, 11) is 0. The Morgan fingerprint density at radius 2 is 1.50 bits per heavy atom. The van der Waals surface area contributed by atoms with Crippen LogP contribution in [0.25, 0.3) is 0 Å². The third-order valence-corrected chi connectivity index (χ3v) is 0. The first kappa shape index (κ1) is 15.6. The monoisotopic (exact) mass is 212 g/mol. The first-order valence-corrected chi connectivity index (χ1v) is 1.60. The van der Waals surface area contributed by atoms with Crippen molar-refractivity contribution in [3.8, 4) is 0 Å². The summed E-state index contributed by atoms with van der Waals surface area (Å²) in [5.74, 6) is 0. The van der Waals surface area contributed by atoms with E-state index in [0.717, 1.165) is 0 Å². The van der Waals surface area contributed by atoms with Crippen molar-refractivity contribution in [3.63, 3.8) is 0 Å². The molecule has 0 bridgehead atoms. The maximum Gasteiger partial charge on any atom is 1.00 e. The summed E-state index contributed by atoms with van der Waals surface area (Å²) in [6.07, 6.45) is 0. The summed E-state index contributed by atoms with van der Waals surface area (Å²) in [6.45, 7) is 0. The van der Waals surface area contributed by atoms with E-state index in [1.165, 1.54) is 0 Å². The Labute approximate surface area is 75.4 Å². The van der Waals surface area contributed by atoms with E-state index in [1.807, 2.05) is 0 Å². The number of hydrogen-bond donors (Lipinski definition) is 2. The standard InChI is InChI=1S/Na.H2O3S.Pd.H/c;1-4(2)3;;/h;(H2,1,2,3);;/q+1;;;-1. The minimum atomic E-state index is -2.61. The average Bonchev–Trinajstić information content (AvgIpc) is 0.811. The van der Waals surface area contributed by atoms with E-state index >= 15 is 0 Å². The zero-order chi connectivity index (χ0) is 3.58. The molecule has 3 nitrogen and oxygen atoms in total. The van der Waals surface area contributed by atoms with Crippen molar-refractivity contribution >= 4 is 11.4 Å². The number of hydrogen-bond acceptors (Lipinski definition) is 1. The molecule has 6 heavy (non-hydrogen) atoms. The fraction of sp³-hybridized carbons (Fsp3) is 0. The molecule has 0 aliphatic carbocycles. The molecule has 0 aromatic carbocycles. The van der Waals surface area contributed by atoms with Crippen molar-refractivity contribution in [2.75, 3.05) is 0 Å². The van der Waals surface area contributed by atoms with Crippen LogP contribution in [-0.2, 0) is 31.8 Å². The third kappa shape index (κ3) is 42.8. The Balaban J connectivity index is -0.0000000150. The largest absolute Gasteiger partial charge is 1.00 e. The quantitative estimate of drug-likeness (QED) is 0.328. The smallest absolute Gasteiger partial charge is 1.00 e. The summed E-state index contributed by atoms with van der Waals surface area (Å²) in [5, 5.41) is 0. The van der Waals surface area contributed by atoms with E-state index < -0.39 is 11.4 Å². The fourth-order valence-electron chi connectivity index (χ4n) is 0. The van der Waals surface area contributed by atoms with Gasteiger partial charge in [0.15, 0.2) is 0 Å². The van der Waals surface area contributed by atoms with Gasteiger partial charge in [-0.1, -0.05) is 0 Å². The second-order valence-corrected chi connectivity index (χ2v) is 0.692. The van der Waals surface area contributed by atoms with Crippen LogP contribution < -0.4 is 29.6 Å². The minimum absolute atomic E-state index is 0. The van der Waals surface area contributed by atoms with Gasteiger partial charge in [-0.2, -0.15) is 4.21 Å². The summed E-state index contributed by atoms with van der Waals surface area (Å²) < 4.78 is 22.8. The maximum absolute atomic E-state index is 8.67. The fourth-order valence-corrected chi connectivity index (χ4v) is 0. The molecular weight excluding hydrogens is 209 g/mol. The predicted octanol–water partition coefficient (Wildman–Crippen LogP) is -3.20. The van der Waals surface area contributed by atoms with Crippen LogP contribution in [0.2, 0.25) is 0 Å². The van der Waals surface area contributed by atoms with Crippen molar-refractivity contribution in [2.45, 2.75) is 0 Å². The summed E-state index contributed by atoms with van der Waals surface area (Å²) in [4.78, 5) is 0. The summed E-state index contributed by atoms with van der Waals surface area (Å²) in [5.41, 5.74) is 0. The summed E-state index contributed by atoms with van der Waals surface area (Å²) >= 11 is -2.61. The van der Waals surface area contributed by atoms with Crippen molar-refractivity contribution in [3.05, 3.63) is 0 Å². The molecule has 0 unspecified atom stereocenters. The molecule has 2 N–H and O–H groups in total. The van der Waals surface area contributed by atoms with Gasteiger partial charge in [-0.15, -0.1) is 0 Å². The Morgan fingerprint density at radius 1 is 1.50 bits per heavy atom. The molecule has 0 rings (SSSR count). The van der Waals surface area contributed by atoms with Crippen LogP contribution in [-0.4, -0.2) is 13.3 Å². The van der Waals surface area contributed by atoms with Crippen LogP contribution in [0.5, 0.6) is 0 Å². The molecule has 0 aliphatic rings. The molecule has 0 saturated carbocycles. The first-order valence-electron chi connectivity index (χ1n) is 0.532. The van der Waals surface area contributed by atoms with E-state index in [4.69, 9.17) is 13.3 Å². The van der Waals surface area contributed by atoms with Crippen molar-refractivity contribution in [1.29, 1.82) is 0 Å². The van der Waals surface area contributed by atoms with Crippen LogP contribution in [0.3, 0.4) is 0 Å². The zero-order valence-electron chi connectivity index (χ0n) is 4.03. The Hall–Kier alpha value is 1.73. The molecule has 38 valence electrons. The molecule has 0 fully saturated rings. The van der Waals surface area contributed by atoms with Crippen molar-refractivity contribution < 1.29 is 64.7 Å². The Morgan fingerprint density at radius 3 is 1.50 bits per heavy atom. The normalized spacial score (nSPS) is 5.83. The topological polar surface area (TPSA) is 57.5 Å². The van der Waals surface area contributed by atoms with Gasteiger partial charge in [-0.05, 0) is 0 Å². The van der Waals surface area contributed by atoms with Gasteiger partial charge in [-0.25, -0.2) is 0 Å². The van der Waals surface area contributed by atoms with Gasteiger partial charge in [0.05, 0.1) is 0 Å². The first-order chi connectivity index (χ1) is 1.73. The van der Waals surface area contributed by atoms with E-state index in [0.29, 0.717) is 0 Å². The average molecular weight is 212 g/mol. The Bertz CT molecular complexity index is 37.9. The van der Waals surface area contributed by atoms with E-state index in [-0.39, 0.29) is 51.4 Å². The SMILES string of the molecule is O=S(O)O.[H-].[Na+].[Pd]. The van der Waals surface area contributed by atoms with Crippen LogP contribution in [0.4, 0.5) is 0 Å². The molecule has 0 aliphatic heterocycles. The number of rotatable bonds is 0. The van der Waals surface area contributed by atoms with E-state index in [1.54, 1.807) is 0 Å². The molecule has 0 amide bonds. The van der Waals surface area contributed by atoms with Crippen LogP contribution >= 0.6 is 0 Å². The van der Waals surface area contributed by atoms with Crippen LogP contribution in [0, 0.1) is 0 Å². The van der Waals surface area contributed by atoms with Crippen molar-refractivity contribution in [1.82, 2.24) is 0 Å². The van der Waals surface area contributed by atoms with Gasteiger partial charge in [0, 0.05) is 20.4 Å². The van der Waals surface area contributed by atoms with E-state index in [2.05, 4.69) is 0 Å². The maximum atomic E-state index is 8.67. The molecule has 6 heteroatoms. The summed E-state index contributed by atoms with van der Waals surface area (Å²) in [6, 6.07) is 0.